The number of fused-ring (bicyclic) bond motifs is 1. The topological polar surface area (TPSA) is 111 Å². The third kappa shape index (κ3) is 3.56. The van der Waals surface area contributed by atoms with E-state index in [9.17, 15) is 14.4 Å². The van der Waals surface area contributed by atoms with Crippen molar-refractivity contribution in [2.45, 2.75) is 13.8 Å². The number of hydrogen-bond acceptors (Lipinski definition) is 8. The molecule has 0 atom stereocenters. The fraction of sp³-hybridized carbons (Fsp3) is 0.188. The third-order valence-corrected chi connectivity index (χ3v) is 3.98. The molecule has 2 aromatic heterocycles. The van der Waals surface area contributed by atoms with Crippen molar-refractivity contribution in [3.8, 4) is 0 Å². The molecule has 1 aromatic carbocycles. The number of rotatable bonds is 4. The van der Waals surface area contributed by atoms with Crippen LogP contribution in [0.2, 0.25) is 0 Å². The monoisotopic (exact) mass is 359 g/mol. The van der Waals surface area contributed by atoms with Crippen molar-refractivity contribution < 1.29 is 18.7 Å². The number of aryl methyl sites for hydroxylation is 2. The molecule has 0 radical (unpaired) electrons. The second kappa shape index (κ2) is 6.81. The van der Waals surface area contributed by atoms with Gasteiger partial charge in [-0.3, -0.25) is 4.79 Å². The molecule has 0 aliphatic rings. The molecule has 0 bridgehead atoms. The van der Waals surface area contributed by atoms with Gasteiger partial charge in [-0.2, -0.15) is 8.75 Å². The minimum atomic E-state index is -0.734. The molecular formula is C16H13N3O5S. The zero-order valence-electron chi connectivity index (χ0n) is 13.4. The maximum Gasteiger partial charge on any atom is 0.342 e. The van der Waals surface area contributed by atoms with Crippen LogP contribution in [0.3, 0.4) is 0 Å². The van der Waals surface area contributed by atoms with E-state index >= 15 is 0 Å². The van der Waals surface area contributed by atoms with E-state index in [-0.39, 0.29) is 11.3 Å². The number of nitrogens with zero attached hydrogens (tertiary/aromatic N) is 2. The van der Waals surface area contributed by atoms with Crippen LogP contribution in [0.25, 0.3) is 11.0 Å². The second-order valence-corrected chi connectivity index (χ2v) is 5.77. The van der Waals surface area contributed by atoms with Gasteiger partial charge in [0.25, 0.3) is 5.91 Å². The van der Waals surface area contributed by atoms with Crippen molar-refractivity contribution in [2.24, 2.45) is 0 Å². The Labute approximate surface area is 145 Å². The van der Waals surface area contributed by atoms with Gasteiger partial charge in [0.1, 0.15) is 22.4 Å². The highest BCUT2D eigenvalue weighted by molar-refractivity contribution is 7.00. The van der Waals surface area contributed by atoms with E-state index in [4.69, 9.17) is 9.15 Å². The van der Waals surface area contributed by atoms with Gasteiger partial charge in [-0.15, -0.1) is 0 Å². The van der Waals surface area contributed by atoms with Crippen LogP contribution in [0.4, 0.5) is 5.69 Å². The first-order valence-electron chi connectivity index (χ1n) is 7.25. The summed E-state index contributed by atoms with van der Waals surface area (Å²) < 4.78 is 18.1. The first-order valence-corrected chi connectivity index (χ1v) is 7.98. The SMILES string of the molecule is Cc1cc(=O)oc(C)c1C(=O)OCC(=O)Nc1cccc2nsnc12. The lowest BCUT2D eigenvalue weighted by molar-refractivity contribution is -0.119. The lowest BCUT2D eigenvalue weighted by atomic mass is 10.1. The van der Waals surface area contributed by atoms with Gasteiger partial charge < -0.3 is 14.5 Å². The van der Waals surface area contributed by atoms with Gasteiger partial charge in [0.2, 0.25) is 0 Å². The van der Waals surface area contributed by atoms with E-state index < -0.39 is 24.1 Å². The molecule has 0 saturated carbocycles. The number of ether oxygens (including phenoxy) is 1. The fourth-order valence-electron chi connectivity index (χ4n) is 2.36. The number of esters is 1. The Morgan fingerprint density at radius 1 is 1.28 bits per heavy atom. The Hall–Kier alpha value is -3.07. The van der Waals surface area contributed by atoms with Crippen LogP contribution in [-0.4, -0.2) is 27.2 Å². The molecule has 0 saturated heterocycles. The Bertz CT molecular complexity index is 998. The van der Waals surface area contributed by atoms with Crippen molar-refractivity contribution >= 4 is 40.3 Å². The largest absolute Gasteiger partial charge is 0.452 e. The molecule has 128 valence electrons. The summed E-state index contributed by atoms with van der Waals surface area (Å²) in [6, 6.07) is 6.40. The Balaban J connectivity index is 1.67. The molecule has 2 heterocycles. The summed E-state index contributed by atoms with van der Waals surface area (Å²) in [5.41, 5.74) is 1.75. The maximum absolute atomic E-state index is 12.1. The minimum Gasteiger partial charge on any atom is -0.452 e. The highest BCUT2D eigenvalue weighted by Crippen LogP contribution is 2.21. The van der Waals surface area contributed by atoms with E-state index in [0.29, 0.717) is 22.3 Å². The molecule has 3 aromatic rings. The van der Waals surface area contributed by atoms with Crippen molar-refractivity contribution in [1.29, 1.82) is 0 Å². The molecule has 3 rings (SSSR count). The number of carbonyl (C=O) groups excluding carboxylic acids is 2. The predicted molar refractivity (Wildman–Crippen MR) is 90.8 cm³/mol. The number of amides is 1. The number of anilines is 1. The van der Waals surface area contributed by atoms with Crippen LogP contribution in [0.15, 0.2) is 33.5 Å². The highest BCUT2D eigenvalue weighted by atomic mass is 32.1. The van der Waals surface area contributed by atoms with Crippen LogP contribution < -0.4 is 10.9 Å². The molecular weight excluding hydrogens is 346 g/mol. The average Bonchev–Trinajstić information content (AvgIpc) is 3.01. The van der Waals surface area contributed by atoms with Gasteiger partial charge in [0.05, 0.1) is 17.4 Å². The molecule has 0 aliphatic heterocycles. The number of benzene rings is 1. The Morgan fingerprint density at radius 2 is 2.08 bits per heavy atom. The predicted octanol–water partition coefficient (Wildman–Crippen LogP) is 2.06. The Morgan fingerprint density at radius 3 is 2.84 bits per heavy atom. The second-order valence-electron chi connectivity index (χ2n) is 5.24. The van der Waals surface area contributed by atoms with Crippen LogP contribution in [-0.2, 0) is 9.53 Å². The average molecular weight is 359 g/mol. The van der Waals surface area contributed by atoms with Crippen molar-refractivity contribution in [2.75, 3.05) is 11.9 Å². The molecule has 0 fully saturated rings. The zero-order valence-corrected chi connectivity index (χ0v) is 14.2. The maximum atomic E-state index is 12.1. The summed E-state index contributed by atoms with van der Waals surface area (Å²) in [6.45, 7) is 2.60. The number of aromatic nitrogens is 2. The molecule has 0 aliphatic carbocycles. The molecule has 0 unspecified atom stereocenters. The van der Waals surface area contributed by atoms with Crippen LogP contribution in [0, 0.1) is 13.8 Å². The lowest BCUT2D eigenvalue weighted by Crippen LogP contribution is -2.22. The number of hydrogen-bond donors (Lipinski definition) is 1. The number of nitrogens with one attached hydrogen (secondary N) is 1. The first kappa shape index (κ1) is 16.8. The summed E-state index contributed by atoms with van der Waals surface area (Å²) >= 11 is 1.04. The minimum absolute atomic E-state index is 0.137. The highest BCUT2D eigenvalue weighted by Gasteiger charge is 2.18. The quantitative estimate of drug-likeness (QED) is 0.710. The molecule has 0 spiro atoms. The van der Waals surface area contributed by atoms with Gasteiger partial charge in [0.15, 0.2) is 6.61 Å². The summed E-state index contributed by atoms with van der Waals surface area (Å²) in [7, 11) is 0. The van der Waals surface area contributed by atoms with E-state index in [0.717, 1.165) is 11.7 Å². The van der Waals surface area contributed by atoms with E-state index in [1.165, 1.54) is 13.0 Å². The third-order valence-electron chi connectivity index (χ3n) is 3.43. The van der Waals surface area contributed by atoms with E-state index in [2.05, 4.69) is 14.1 Å². The van der Waals surface area contributed by atoms with Crippen LogP contribution in [0.5, 0.6) is 0 Å². The van der Waals surface area contributed by atoms with Crippen LogP contribution in [0.1, 0.15) is 21.7 Å². The van der Waals surface area contributed by atoms with Crippen molar-refractivity contribution in [3.05, 3.63) is 51.6 Å². The summed E-state index contributed by atoms with van der Waals surface area (Å²) in [5.74, 6) is -1.10. The smallest absolute Gasteiger partial charge is 0.342 e. The normalized spacial score (nSPS) is 10.6. The van der Waals surface area contributed by atoms with Gasteiger partial charge in [-0.25, -0.2) is 9.59 Å². The molecule has 8 nitrogen and oxygen atoms in total. The van der Waals surface area contributed by atoms with Gasteiger partial charge in [0, 0.05) is 6.07 Å². The summed E-state index contributed by atoms with van der Waals surface area (Å²) in [5, 5.41) is 2.63. The number of carbonyl (C=O) groups is 2. The standard InChI is InChI=1S/C16H13N3O5S/c1-8-6-13(21)24-9(2)14(8)16(22)23-7-12(20)17-10-4-3-5-11-15(10)19-25-18-11/h3-6H,7H2,1-2H3,(H,17,20). The zero-order chi connectivity index (χ0) is 18.0. The summed E-state index contributed by atoms with van der Waals surface area (Å²) in [4.78, 5) is 35.4. The van der Waals surface area contributed by atoms with E-state index in [1.807, 2.05) is 0 Å². The lowest BCUT2D eigenvalue weighted by Gasteiger charge is -2.09. The van der Waals surface area contributed by atoms with Gasteiger partial charge in [-0.05, 0) is 31.5 Å². The van der Waals surface area contributed by atoms with E-state index in [1.54, 1.807) is 25.1 Å². The summed E-state index contributed by atoms with van der Waals surface area (Å²) in [6.07, 6.45) is 0. The first-order chi connectivity index (χ1) is 12.0. The van der Waals surface area contributed by atoms with Gasteiger partial charge >= 0.3 is 11.6 Å². The molecule has 1 amide bonds. The van der Waals surface area contributed by atoms with Crippen molar-refractivity contribution in [1.82, 2.24) is 8.75 Å². The molecule has 9 heteroatoms. The molecule has 25 heavy (non-hydrogen) atoms. The van der Waals surface area contributed by atoms with Crippen LogP contribution >= 0.6 is 11.7 Å². The Kier molecular flexibility index (Phi) is 4.57. The molecule has 1 N–H and O–H groups in total. The van der Waals surface area contributed by atoms with Gasteiger partial charge in [-0.1, -0.05) is 6.07 Å². The fourth-order valence-corrected chi connectivity index (χ4v) is 2.91. The van der Waals surface area contributed by atoms with Crippen molar-refractivity contribution in [3.63, 3.8) is 0 Å².